The van der Waals surface area contributed by atoms with E-state index in [1.54, 1.807) is 24.3 Å². The molecule has 1 aliphatic rings. The molecule has 2 rings (SSSR count). The van der Waals surface area contributed by atoms with Gasteiger partial charge in [-0.3, -0.25) is 14.5 Å². The third kappa shape index (κ3) is 9.20. The molecule has 1 aromatic rings. The van der Waals surface area contributed by atoms with Crippen molar-refractivity contribution in [2.45, 2.75) is 70.6 Å². The second-order valence-corrected chi connectivity index (χ2v) is 7.98. The van der Waals surface area contributed by atoms with Crippen LogP contribution in [0.1, 0.15) is 91.3 Å². The Balaban J connectivity index is 1.34. The van der Waals surface area contributed by atoms with Crippen LogP contribution in [0.15, 0.2) is 24.3 Å². The van der Waals surface area contributed by atoms with Gasteiger partial charge in [-0.15, -0.1) is 0 Å². The van der Waals surface area contributed by atoms with Gasteiger partial charge >= 0.3 is 0 Å². The van der Waals surface area contributed by atoms with Crippen LogP contribution in [0.4, 0.5) is 0 Å². The lowest BCUT2D eigenvalue weighted by atomic mass is 10.1. The quantitative estimate of drug-likeness (QED) is 0.239. The van der Waals surface area contributed by atoms with Gasteiger partial charge in [0.05, 0.1) is 17.2 Å². The summed E-state index contributed by atoms with van der Waals surface area (Å²) >= 11 is 0. The molecule has 1 aromatic carbocycles. The Labute approximate surface area is 186 Å². The Hall–Kier alpha value is -2.23. The van der Waals surface area contributed by atoms with Gasteiger partial charge < -0.3 is 9.47 Å². The second kappa shape index (κ2) is 15.6. The zero-order valence-corrected chi connectivity index (χ0v) is 18.7. The second-order valence-electron chi connectivity index (χ2n) is 7.98. The van der Waals surface area contributed by atoms with Crippen molar-refractivity contribution in [1.82, 2.24) is 4.90 Å². The number of hydrogen-bond donors (Lipinski definition) is 0. The van der Waals surface area contributed by atoms with Crippen molar-refractivity contribution < 1.29 is 19.1 Å². The molecule has 0 radical (unpaired) electrons. The Kier molecular flexibility index (Phi) is 12.6. The van der Waals surface area contributed by atoms with Crippen molar-refractivity contribution in [2.75, 3.05) is 33.0 Å². The SMILES string of the molecule is N#CCCCCOCCCCCCCCOCCCCN1C(=O)c2ccccc2C1=O. The van der Waals surface area contributed by atoms with Gasteiger partial charge in [0.25, 0.3) is 11.8 Å². The molecule has 6 nitrogen and oxygen atoms in total. The molecule has 0 saturated heterocycles. The molecule has 1 heterocycles. The van der Waals surface area contributed by atoms with Gasteiger partial charge in [-0.05, 0) is 50.7 Å². The van der Waals surface area contributed by atoms with Gasteiger partial charge in [-0.25, -0.2) is 0 Å². The molecule has 0 atom stereocenters. The summed E-state index contributed by atoms with van der Waals surface area (Å²) in [6, 6.07) is 9.16. The molecule has 0 aliphatic carbocycles. The number of hydrogen-bond acceptors (Lipinski definition) is 5. The van der Waals surface area contributed by atoms with Gasteiger partial charge in [0.15, 0.2) is 0 Å². The number of ether oxygens (including phenoxy) is 2. The lowest BCUT2D eigenvalue weighted by molar-refractivity contribution is 0.0642. The summed E-state index contributed by atoms with van der Waals surface area (Å²) in [6.07, 6.45) is 11.2. The van der Waals surface area contributed by atoms with Gasteiger partial charge in [-0.1, -0.05) is 37.8 Å². The van der Waals surface area contributed by atoms with E-state index in [1.807, 2.05) is 0 Å². The largest absolute Gasteiger partial charge is 0.381 e. The molecule has 6 heteroatoms. The number of carbonyl (C=O) groups is 2. The van der Waals surface area contributed by atoms with Crippen LogP contribution in [-0.4, -0.2) is 49.7 Å². The van der Waals surface area contributed by atoms with E-state index in [9.17, 15) is 9.59 Å². The maximum absolute atomic E-state index is 12.3. The van der Waals surface area contributed by atoms with E-state index in [1.165, 1.54) is 30.6 Å². The number of carbonyl (C=O) groups excluding carboxylic acids is 2. The average molecular weight is 429 g/mol. The van der Waals surface area contributed by atoms with Gasteiger partial charge in [0, 0.05) is 39.4 Å². The number of nitriles is 1. The molecule has 170 valence electrons. The Bertz CT molecular complexity index is 679. The number of fused-ring (bicyclic) bond motifs is 1. The number of rotatable bonds is 18. The summed E-state index contributed by atoms with van der Waals surface area (Å²) in [5.74, 6) is -0.354. The molecule has 1 aliphatic heterocycles. The first-order valence-corrected chi connectivity index (χ1v) is 11.7. The van der Waals surface area contributed by atoms with E-state index in [4.69, 9.17) is 14.7 Å². The van der Waals surface area contributed by atoms with Gasteiger partial charge in [-0.2, -0.15) is 5.26 Å². The zero-order valence-electron chi connectivity index (χ0n) is 18.7. The highest BCUT2D eigenvalue weighted by Crippen LogP contribution is 2.22. The normalized spacial score (nSPS) is 12.9. The van der Waals surface area contributed by atoms with Crippen molar-refractivity contribution in [1.29, 1.82) is 5.26 Å². The van der Waals surface area contributed by atoms with Crippen LogP contribution in [0, 0.1) is 11.3 Å². The molecular formula is C25H36N2O4. The first-order chi connectivity index (χ1) is 15.3. The maximum Gasteiger partial charge on any atom is 0.261 e. The van der Waals surface area contributed by atoms with E-state index >= 15 is 0 Å². The molecular weight excluding hydrogens is 392 g/mol. The highest BCUT2D eigenvalue weighted by molar-refractivity contribution is 6.21. The van der Waals surface area contributed by atoms with Crippen molar-refractivity contribution >= 4 is 11.8 Å². The Morgan fingerprint density at radius 2 is 1.13 bits per heavy atom. The number of imide groups is 1. The molecule has 0 bridgehead atoms. The summed E-state index contributed by atoms with van der Waals surface area (Å²) in [4.78, 5) is 25.9. The zero-order chi connectivity index (χ0) is 22.2. The summed E-state index contributed by atoms with van der Waals surface area (Å²) < 4.78 is 11.2. The van der Waals surface area contributed by atoms with Crippen molar-refractivity contribution in [3.63, 3.8) is 0 Å². The van der Waals surface area contributed by atoms with E-state index in [-0.39, 0.29) is 11.8 Å². The van der Waals surface area contributed by atoms with Crippen molar-refractivity contribution in [2.24, 2.45) is 0 Å². The van der Waals surface area contributed by atoms with Crippen LogP contribution >= 0.6 is 0 Å². The third-order valence-electron chi connectivity index (χ3n) is 5.45. The van der Waals surface area contributed by atoms with E-state index in [2.05, 4.69) is 6.07 Å². The molecule has 0 N–H and O–H groups in total. The predicted molar refractivity (Wildman–Crippen MR) is 120 cm³/mol. The number of benzene rings is 1. The summed E-state index contributed by atoms with van der Waals surface area (Å²) in [5, 5.41) is 8.45. The highest BCUT2D eigenvalue weighted by atomic mass is 16.5. The summed E-state index contributed by atoms with van der Waals surface area (Å²) in [7, 11) is 0. The smallest absolute Gasteiger partial charge is 0.261 e. The number of unbranched alkanes of at least 4 members (excludes halogenated alkanes) is 8. The third-order valence-corrected chi connectivity index (χ3v) is 5.45. The molecule has 2 amide bonds. The Morgan fingerprint density at radius 1 is 0.677 bits per heavy atom. The van der Waals surface area contributed by atoms with Crippen LogP contribution in [-0.2, 0) is 9.47 Å². The van der Waals surface area contributed by atoms with E-state index in [0.717, 1.165) is 58.3 Å². The lowest BCUT2D eigenvalue weighted by Crippen LogP contribution is -2.30. The average Bonchev–Trinajstić information content (AvgIpc) is 3.03. The minimum atomic E-state index is -0.177. The standard InChI is InChI=1S/C25H36N2O4/c26-16-8-5-12-20-30-18-10-3-1-2-4-11-19-31-21-13-9-17-27-24(28)22-14-6-7-15-23(22)25(27)29/h6-7,14-15H,1-5,8-13,17-21H2. The topological polar surface area (TPSA) is 79.6 Å². The molecule has 0 unspecified atom stereocenters. The first kappa shape index (κ1) is 25.0. The molecule has 0 saturated carbocycles. The van der Waals surface area contributed by atoms with Crippen LogP contribution in [0.5, 0.6) is 0 Å². The highest BCUT2D eigenvalue weighted by Gasteiger charge is 2.34. The number of nitrogens with zero attached hydrogens (tertiary/aromatic N) is 2. The minimum Gasteiger partial charge on any atom is -0.381 e. The fraction of sp³-hybridized carbons (Fsp3) is 0.640. The van der Waals surface area contributed by atoms with E-state index in [0.29, 0.717) is 30.7 Å². The van der Waals surface area contributed by atoms with Crippen LogP contribution in [0.3, 0.4) is 0 Å². The first-order valence-electron chi connectivity index (χ1n) is 11.7. The van der Waals surface area contributed by atoms with Crippen LogP contribution < -0.4 is 0 Å². The predicted octanol–water partition coefficient (Wildman–Crippen LogP) is 5.13. The van der Waals surface area contributed by atoms with Crippen molar-refractivity contribution in [3.05, 3.63) is 35.4 Å². The van der Waals surface area contributed by atoms with Gasteiger partial charge in [0.2, 0.25) is 0 Å². The summed E-state index contributed by atoms with van der Waals surface area (Å²) in [6.45, 7) is 3.51. The fourth-order valence-electron chi connectivity index (χ4n) is 3.64. The van der Waals surface area contributed by atoms with Gasteiger partial charge in [0.1, 0.15) is 0 Å². The number of amides is 2. The lowest BCUT2D eigenvalue weighted by Gasteiger charge is -2.13. The molecule has 31 heavy (non-hydrogen) atoms. The fourth-order valence-corrected chi connectivity index (χ4v) is 3.64. The maximum atomic E-state index is 12.3. The molecule has 0 fully saturated rings. The van der Waals surface area contributed by atoms with Crippen LogP contribution in [0.25, 0.3) is 0 Å². The minimum absolute atomic E-state index is 0.177. The van der Waals surface area contributed by atoms with Crippen LogP contribution in [0.2, 0.25) is 0 Å². The van der Waals surface area contributed by atoms with Crippen molar-refractivity contribution in [3.8, 4) is 6.07 Å². The Morgan fingerprint density at radius 3 is 1.65 bits per heavy atom. The monoisotopic (exact) mass is 428 g/mol. The molecule has 0 spiro atoms. The summed E-state index contributed by atoms with van der Waals surface area (Å²) in [5.41, 5.74) is 1.03. The van der Waals surface area contributed by atoms with E-state index < -0.39 is 0 Å². The molecule has 0 aromatic heterocycles.